The lowest BCUT2D eigenvalue weighted by molar-refractivity contribution is 0.187. The minimum absolute atomic E-state index is 0.0128. The number of fused-ring (bicyclic) bond motifs is 1. The van der Waals surface area contributed by atoms with E-state index in [1.54, 1.807) is 12.3 Å². The molecule has 1 aliphatic carbocycles. The first kappa shape index (κ1) is 20.4. The molecule has 1 spiro atoms. The maximum Gasteiger partial charge on any atom is 0.283 e. The van der Waals surface area contributed by atoms with Crippen LogP contribution in [0, 0.1) is 23.3 Å². The summed E-state index contributed by atoms with van der Waals surface area (Å²) >= 11 is 1.35. The third-order valence-electron chi connectivity index (χ3n) is 6.65. The molecule has 2 N–H and O–H groups in total. The molecule has 1 atom stereocenters. The van der Waals surface area contributed by atoms with E-state index in [-0.39, 0.29) is 11.5 Å². The van der Waals surface area contributed by atoms with Gasteiger partial charge in [0.05, 0.1) is 29.7 Å². The van der Waals surface area contributed by atoms with Crippen molar-refractivity contribution in [3.05, 3.63) is 77.0 Å². The number of pyridine rings is 1. The van der Waals surface area contributed by atoms with Gasteiger partial charge in [0.1, 0.15) is 6.20 Å². The van der Waals surface area contributed by atoms with Crippen molar-refractivity contribution in [1.29, 1.82) is 5.26 Å². The van der Waals surface area contributed by atoms with Gasteiger partial charge < -0.3 is 15.5 Å². The highest BCUT2D eigenvalue weighted by Crippen LogP contribution is 2.51. The van der Waals surface area contributed by atoms with Crippen LogP contribution in [-0.4, -0.2) is 28.0 Å². The molecule has 3 heterocycles. The fraction of sp³-hybridized carbons (Fsp3) is 0.292. The first-order chi connectivity index (χ1) is 15.6. The molecule has 0 unspecified atom stereocenters. The molecule has 1 saturated heterocycles. The summed E-state index contributed by atoms with van der Waals surface area (Å²) in [6.07, 6.45) is 8.11. The van der Waals surface area contributed by atoms with Crippen molar-refractivity contribution in [3.63, 3.8) is 0 Å². The Morgan fingerprint density at radius 3 is 2.66 bits per heavy atom. The van der Waals surface area contributed by atoms with Gasteiger partial charge in [0.25, 0.3) is 5.82 Å². The smallest absolute Gasteiger partial charge is 0.283 e. The molecule has 1 aliphatic heterocycles. The van der Waals surface area contributed by atoms with Crippen LogP contribution < -0.4 is 10.6 Å². The van der Waals surface area contributed by atoms with Crippen molar-refractivity contribution >= 4 is 23.3 Å². The van der Waals surface area contributed by atoms with E-state index in [1.807, 2.05) is 30.6 Å². The molecule has 2 aromatic heterocycles. The van der Waals surface area contributed by atoms with E-state index in [4.69, 9.17) is 12.3 Å². The first-order valence-corrected chi connectivity index (χ1v) is 11.3. The summed E-state index contributed by atoms with van der Waals surface area (Å²) < 4.78 is 0. The second-order valence-electron chi connectivity index (χ2n) is 8.25. The topological polar surface area (TPSA) is 96.1 Å². The Balaban J connectivity index is 1.27. The highest BCUT2D eigenvalue weighted by Gasteiger charge is 2.46. The van der Waals surface area contributed by atoms with E-state index < -0.39 is 0 Å². The summed E-state index contributed by atoms with van der Waals surface area (Å²) in [6, 6.07) is 11.9. The second kappa shape index (κ2) is 8.23. The number of piperidine rings is 1. The molecule has 5 rings (SSSR count). The van der Waals surface area contributed by atoms with Gasteiger partial charge in [-0.25, -0.2) is 9.97 Å². The molecule has 0 amide bonds. The van der Waals surface area contributed by atoms with Crippen LogP contribution in [0.15, 0.2) is 59.0 Å². The molecular weight excluding hydrogens is 418 g/mol. The fourth-order valence-electron chi connectivity index (χ4n) is 4.86. The Hall–Kier alpha value is -3.46. The van der Waals surface area contributed by atoms with Gasteiger partial charge in [-0.15, -0.1) is 4.98 Å². The van der Waals surface area contributed by atoms with Crippen molar-refractivity contribution in [1.82, 2.24) is 15.0 Å². The molecule has 0 saturated carbocycles. The van der Waals surface area contributed by atoms with Crippen molar-refractivity contribution in [2.24, 2.45) is 11.1 Å². The number of nitrogens with two attached hydrogens (primary N) is 1. The summed E-state index contributed by atoms with van der Waals surface area (Å²) in [5.74, 6) is 0.361. The maximum absolute atomic E-state index is 9.48. The second-order valence-corrected chi connectivity index (χ2v) is 9.26. The Bertz CT molecular complexity index is 1230. The molecule has 3 aromatic rings. The van der Waals surface area contributed by atoms with Gasteiger partial charge in [-0.1, -0.05) is 36.5 Å². The average Bonchev–Trinajstić information content (AvgIpc) is 3.12. The lowest BCUT2D eigenvalue weighted by Crippen LogP contribution is -2.44. The SMILES string of the molecule is [C-]#[N+]c1ncccc1Sc1ncc(N2CCC3(CC2)Cc2c(C#N)cccc2[C@H]3N)cn1. The van der Waals surface area contributed by atoms with Gasteiger partial charge in [0, 0.05) is 24.0 Å². The Kier molecular flexibility index (Phi) is 5.26. The standard InChI is InChI=1S/C24H21N7S/c1-27-22-20(6-3-9-28-22)32-23-29-14-17(15-30-23)31-10-7-24(8-11-31)12-19-16(13-25)4-2-5-18(19)21(24)26/h2-6,9,14-15,21H,7-8,10-12,26H2/t21-/m1/s1. The van der Waals surface area contributed by atoms with Crippen LogP contribution in [0.4, 0.5) is 11.5 Å². The van der Waals surface area contributed by atoms with E-state index in [1.165, 1.54) is 11.8 Å². The third-order valence-corrected chi connectivity index (χ3v) is 7.59. The normalized spacial score (nSPS) is 18.7. The van der Waals surface area contributed by atoms with E-state index in [0.717, 1.165) is 59.6 Å². The van der Waals surface area contributed by atoms with E-state index in [9.17, 15) is 5.26 Å². The maximum atomic E-state index is 9.48. The minimum Gasteiger partial charge on any atom is -0.369 e. The summed E-state index contributed by atoms with van der Waals surface area (Å²) in [4.78, 5) is 19.6. The van der Waals surface area contributed by atoms with E-state index >= 15 is 0 Å². The summed E-state index contributed by atoms with van der Waals surface area (Å²) in [7, 11) is 0. The molecule has 0 bridgehead atoms. The van der Waals surface area contributed by atoms with Gasteiger partial charge in [0.2, 0.25) is 0 Å². The molecular formula is C24H21N7S. The molecule has 1 fully saturated rings. The largest absolute Gasteiger partial charge is 0.369 e. The average molecular weight is 440 g/mol. The van der Waals surface area contributed by atoms with Crippen LogP contribution in [0.25, 0.3) is 4.85 Å². The predicted octanol–water partition coefficient (Wildman–Crippen LogP) is 4.29. The van der Waals surface area contributed by atoms with Gasteiger partial charge in [-0.05, 0) is 47.9 Å². The molecule has 32 heavy (non-hydrogen) atoms. The molecule has 158 valence electrons. The number of anilines is 1. The van der Waals surface area contributed by atoms with Crippen LogP contribution in [-0.2, 0) is 6.42 Å². The first-order valence-electron chi connectivity index (χ1n) is 10.5. The molecule has 2 aliphatic rings. The van der Waals surface area contributed by atoms with Gasteiger partial charge >= 0.3 is 0 Å². The minimum atomic E-state index is -0.0286. The zero-order chi connectivity index (χ0) is 22.1. The predicted molar refractivity (Wildman–Crippen MR) is 122 cm³/mol. The quantitative estimate of drug-likeness (QED) is 0.480. The number of benzene rings is 1. The zero-order valence-electron chi connectivity index (χ0n) is 17.4. The number of hydrogen-bond donors (Lipinski definition) is 1. The van der Waals surface area contributed by atoms with Crippen molar-refractivity contribution in [2.75, 3.05) is 18.0 Å². The van der Waals surface area contributed by atoms with Crippen molar-refractivity contribution < 1.29 is 0 Å². The van der Waals surface area contributed by atoms with Gasteiger partial charge in [-0.3, -0.25) is 0 Å². The lowest BCUT2D eigenvalue weighted by atomic mass is 9.73. The molecule has 8 heteroatoms. The van der Waals surface area contributed by atoms with Crippen LogP contribution in [0.5, 0.6) is 0 Å². The zero-order valence-corrected chi connectivity index (χ0v) is 18.2. The fourth-order valence-corrected chi connectivity index (χ4v) is 5.60. The lowest BCUT2D eigenvalue weighted by Gasteiger charge is -2.42. The van der Waals surface area contributed by atoms with Crippen LogP contribution in [0.2, 0.25) is 0 Å². The highest BCUT2D eigenvalue weighted by atomic mass is 32.2. The van der Waals surface area contributed by atoms with E-state index in [0.29, 0.717) is 11.0 Å². The van der Waals surface area contributed by atoms with Crippen LogP contribution in [0.1, 0.15) is 35.6 Å². The summed E-state index contributed by atoms with van der Waals surface area (Å²) in [5.41, 5.74) is 10.7. The Labute approximate surface area is 191 Å². The molecule has 0 radical (unpaired) electrons. The number of nitrogens with zero attached hydrogens (tertiary/aromatic N) is 6. The van der Waals surface area contributed by atoms with Gasteiger partial charge in [-0.2, -0.15) is 5.26 Å². The molecule has 7 nitrogen and oxygen atoms in total. The van der Waals surface area contributed by atoms with Crippen LogP contribution in [0.3, 0.4) is 0 Å². The highest BCUT2D eigenvalue weighted by molar-refractivity contribution is 7.99. The third kappa shape index (κ3) is 3.48. The number of hydrogen-bond acceptors (Lipinski definition) is 7. The summed E-state index contributed by atoms with van der Waals surface area (Å²) in [6.45, 7) is 9.00. The number of aromatic nitrogens is 3. The monoisotopic (exact) mass is 439 g/mol. The van der Waals surface area contributed by atoms with Crippen LogP contribution >= 0.6 is 11.8 Å². The summed E-state index contributed by atoms with van der Waals surface area (Å²) in [5, 5.41) is 10.1. The molecule has 1 aromatic carbocycles. The van der Waals surface area contributed by atoms with E-state index in [2.05, 4.69) is 36.8 Å². The van der Waals surface area contributed by atoms with Gasteiger partial charge in [0.15, 0.2) is 5.16 Å². The number of nitriles is 1. The Morgan fingerprint density at radius 1 is 1.16 bits per heavy atom. The Morgan fingerprint density at radius 2 is 1.94 bits per heavy atom. The van der Waals surface area contributed by atoms with Crippen molar-refractivity contribution in [2.45, 2.75) is 35.4 Å². The number of rotatable bonds is 3. The van der Waals surface area contributed by atoms with Crippen molar-refractivity contribution in [3.8, 4) is 6.07 Å².